The Morgan fingerprint density at radius 3 is 2.58 bits per heavy atom. The Kier molecular flexibility index (Phi) is 6.15. The number of nitrogens with one attached hydrogen (secondary N) is 1. The van der Waals surface area contributed by atoms with Gasteiger partial charge in [0.2, 0.25) is 0 Å². The molecule has 1 N–H and O–H groups in total. The van der Waals surface area contributed by atoms with E-state index in [9.17, 15) is 9.59 Å². The highest BCUT2D eigenvalue weighted by Gasteiger charge is 2.18. The van der Waals surface area contributed by atoms with Crippen LogP contribution in [-0.2, 0) is 4.74 Å². The van der Waals surface area contributed by atoms with Crippen molar-refractivity contribution in [3.63, 3.8) is 0 Å². The summed E-state index contributed by atoms with van der Waals surface area (Å²) in [6.07, 6.45) is 0. The molecule has 0 saturated heterocycles. The van der Waals surface area contributed by atoms with Gasteiger partial charge >= 0.3 is 5.97 Å². The third-order valence-corrected chi connectivity index (χ3v) is 6.38. The van der Waals surface area contributed by atoms with Crippen molar-refractivity contribution in [3.05, 3.63) is 81.1 Å². The fraction of sp³-hybridized carbons (Fsp3) is 0.125. The highest BCUT2D eigenvalue weighted by Crippen LogP contribution is 2.30. The Labute approximate surface area is 192 Å². The van der Waals surface area contributed by atoms with Crippen molar-refractivity contribution >= 4 is 55.0 Å². The van der Waals surface area contributed by atoms with Crippen molar-refractivity contribution in [3.8, 4) is 11.3 Å². The van der Waals surface area contributed by atoms with Crippen LogP contribution in [0, 0.1) is 6.92 Å². The van der Waals surface area contributed by atoms with Crippen LogP contribution >= 0.6 is 27.3 Å². The minimum atomic E-state index is -0.377. The molecule has 4 rings (SSSR count). The summed E-state index contributed by atoms with van der Waals surface area (Å²) in [5.41, 5.74) is 3.66. The number of aromatic nitrogens is 1. The number of thiophene rings is 1. The van der Waals surface area contributed by atoms with E-state index in [0.717, 1.165) is 26.5 Å². The van der Waals surface area contributed by atoms with Crippen LogP contribution in [0.25, 0.3) is 22.2 Å². The Balaban J connectivity index is 1.71. The molecule has 2 aromatic heterocycles. The van der Waals surface area contributed by atoms with E-state index in [1.165, 1.54) is 11.3 Å². The van der Waals surface area contributed by atoms with Crippen LogP contribution in [0.1, 0.15) is 32.5 Å². The summed E-state index contributed by atoms with van der Waals surface area (Å²) in [4.78, 5) is 30.6. The zero-order valence-corrected chi connectivity index (χ0v) is 19.3. The maximum Gasteiger partial charge on any atom is 0.348 e. The second-order valence-electron chi connectivity index (χ2n) is 6.88. The van der Waals surface area contributed by atoms with E-state index in [4.69, 9.17) is 9.72 Å². The lowest BCUT2D eigenvalue weighted by Crippen LogP contribution is -2.12. The molecule has 0 fully saturated rings. The van der Waals surface area contributed by atoms with E-state index in [1.807, 2.05) is 55.5 Å². The van der Waals surface area contributed by atoms with Gasteiger partial charge in [-0.3, -0.25) is 4.79 Å². The summed E-state index contributed by atoms with van der Waals surface area (Å²) in [5, 5.41) is 4.29. The molecule has 2 aromatic carbocycles. The Morgan fingerprint density at radius 2 is 1.84 bits per heavy atom. The normalized spacial score (nSPS) is 10.8. The number of anilines is 1. The van der Waals surface area contributed by atoms with E-state index in [2.05, 4.69) is 21.2 Å². The van der Waals surface area contributed by atoms with E-state index >= 15 is 0 Å². The second kappa shape index (κ2) is 8.99. The van der Waals surface area contributed by atoms with Crippen LogP contribution in [0.4, 0.5) is 5.00 Å². The topological polar surface area (TPSA) is 68.3 Å². The van der Waals surface area contributed by atoms with Crippen LogP contribution in [0.5, 0.6) is 0 Å². The molecular weight excluding hydrogens is 476 g/mol. The number of pyridine rings is 1. The van der Waals surface area contributed by atoms with Gasteiger partial charge in [0.15, 0.2) is 0 Å². The molecule has 31 heavy (non-hydrogen) atoms. The van der Waals surface area contributed by atoms with E-state index in [1.54, 1.807) is 19.1 Å². The monoisotopic (exact) mass is 494 g/mol. The molecule has 0 aliphatic carbocycles. The molecule has 2 heterocycles. The number of amides is 1. The van der Waals surface area contributed by atoms with Gasteiger partial charge in [-0.15, -0.1) is 11.3 Å². The number of aryl methyl sites for hydroxylation is 1. The number of carbonyl (C=O) groups excluding carboxylic acids is 2. The Hall–Kier alpha value is -3.03. The Morgan fingerprint density at radius 1 is 1.10 bits per heavy atom. The molecule has 0 unspecified atom stereocenters. The number of carbonyl (C=O) groups is 2. The predicted octanol–water partition coefficient (Wildman–Crippen LogP) is 6.46. The lowest BCUT2D eigenvalue weighted by molar-refractivity contribution is 0.0531. The first kappa shape index (κ1) is 21.2. The lowest BCUT2D eigenvalue weighted by Gasteiger charge is -2.10. The van der Waals surface area contributed by atoms with Crippen LogP contribution in [0.3, 0.4) is 0 Å². The molecule has 0 spiro atoms. The van der Waals surface area contributed by atoms with Crippen LogP contribution < -0.4 is 5.32 Å². The summed E-state index contributed by atoms with van der Waals surface area (Å²) in [6, 6.07) is 18.9. The largest absolute Gasteiger partial charge is 0.462 e. The maximum atomic E-state index is 13.2. The quantitative estimate of drug-likeness (QED) is 0.323. The van der Waals surface area contributed by atoms with Gasteiger partial charge in [-0.2, -0.15) is 0 Å². The van der Waals surface area contributed by atoms with Gasteiger partial charge < -0.3 is 10.1 Å². The molecule has 0 aliphatic heterocycles. The van der Waals surface area contributed by atoms with Gasteiger partial charge in [-0.05, 0) is 49.7 Å². The average molecular weight is 495 g/mol. The minimum Gasteiger partial charge on any atom is -0.462 e. The van der Waals surface area contributed by atoms with Crippen LogP contribution in [0.2, 0.25) is 0 Å². The average Bonchev–Trinajstić information content (AvgIpc) is 3.13. The standard InChI is InChI=1S/C24H19BrN2O3S/c1-3-30-24(29)22-14(2)12-21(31-22)27-23(28)18-13-20(15-8-10-16(25)11-9-15)26-19-7-5-4-6-17(18)19/h4-13H,3H2,1-2H3,(H,27,28). The second-order valence-corrected chi connectivity index (χ2v) is 8.84. The predicted molar refractivity (Wildman–Crippen MR) is 128 cm³/mol. The molecule has 0 bridgehead atoms. The number of nitrogens with zero attached hydrogens (tertiary/aromatic N) is 1. The third kappa shape index (κ3) is 4.52. The zero-order valence-electron chi connectivity index (χ0n) is 16.9. The first-order chi connectivity index (χ1) is 15.0. The number of esters is 1. The fourth-order valence-electron chi connectivity index (χ4n) is 3.25. The molecule has 5 nitrogen and oxygen atoms in total. The van der Waals surface area contributed by atoms with Crippen molar-refractivity contribution in [2.24, 2.45) is 0 Å². The van der Waals surface area contributed by atoms with Gasteiger partial charge in [-0.25, -0.2) is 9.78 Å². The molecule has 0 aliphatic rings. The molecule has 4 aromatic rings. The number of fused-ring (bicyclic) bond motifs is 1. The van der Waals surface area contributed by atoms with Crippen LogP contribution in [-0.4, -0.2) is 23.5 Å². The molecule has 7 heteroatoms. The summed E-state index contributed by atoms with van der Waals surface area (Å²) in [5.74, 6) is -0.633. The molecule has 0 atom stereocenters. The summed E-state index contributed by atoms with van der Waals surface area (Å²) < 4.78 is 6.06. The number of hydrogen-bond donors (Lipinski definition) is 1. The first-order valence-electron chi connectivity index (χ1n) is 9.71. The Bertz CT molecular complexity index is 1280. The summed E-state index contributed by atoms with van der Waals surface area (Å²) in [7, 11) is 0. The van der Waals surface area contributed by atoms with Crippen molar-refractivity contribution in [1.82, 2.24) is 4.98 Å². The van der Waals surface area contributed by atoms with Crippen LogP contribution in [0.15, 0.2) is 65.1 Å². The van der Waals surface area contributed by atoms with Gasteiger partial charge in [0, 0.05) is 15.4 Å². The first-order valence-corrected chi connectivity index (χ1v) is 11.3. The number of benzene rings is 2. The third-order valence-electron chi connectivity index (χ3n) is 4.72. The van der Waals surface area contributed by atoms with E-state index in [-0.39, 0.29) is 11.9 Å². The smallest absolute Gasteiger partial charge is 0.348 e. The van der Waals surface area contributed by atoms with Gasteiger partial charge in [0.25, 0.3) is 5.91 Å². The summed E-state index contributed by atoms with van der Waals surface area (Å²) in [6.45, 7) is 3.90. The SMILES string of the molecule is CCOC(=O)c1sc(NC(=O)c2cc(-c3ccc(Br)cc3)nc3ccccc23)cc1C. The highest BCUT2D eigenvalue weighted by molar-refractivity contribution is 9.10. The number of rotatable bonds is 5. The molecule has 0 saturated carbocycles. The maximum absolute atomic E-state index is 13.2. The molecular formula is C24H19BrN2O3S. The highest BCUT2D eigenvalue weighted by atomic mass is 79.9. The number of para-hydroxylation sites is 1. The van der Waals surface area contributed by atoms with E-state index < -0.39 is 0 Å². The van der Waals surface area contributed by atoms with Gasteiger partial charge in [-0.1, -0.05) is 46.3 Å². The van der Waals surface area contributed by atoms with Crippen molar-refractivity contribution in [1.29, 1.82) is 0 Å². The fourth-order valence-corrected chi connectivity index (χ4v) is 4.48. The van der Waals surface area contributed by atoms with Crippen molar-refractivity contribution in [2.75, 3.05) is 11.9 Å². The van der Waals surface area contributed by atoms with E-state index in [0.29, 0.717) is 27.7 Å². The zero-order chi connectivity index (χ0) is 22.0. The van der Waals surface area contributed by atoms with Gasteiger partial charge in [0.1, 0.15) is 4.88 Å². The molecule has 0 radical (unpaired) electrons. The molecule has 1 amide bonds. The number of halogens is 1. The van der Waals surface area contributed by atoms with Crippen molar-refractivity contribution < 1.29 is 14.3 Å². The lowest BCUT2D eigenvalue weighted by atomic mass is 10.0. The summed E-state index contributed by atoms with van der Waals surface area (Å²) >= 11 is 4.65. The number of hydrogen-bond acceptors (Lipinski definition) is 5. The van der Waals surface area contributed by atoms with Crippen molar-refractivity contribution in [2.45, 2.75) is 13.8 Å². The minimum absolute atomic E-state index is 0.256. The molecule has 156 valence electrons. The number of ether oxygens (including phenoxy) is 1. The van der Waals surface area contributed by atoms with Gasteiger partial charge in [0.05, 0.1) is 28.4 Å².